The summed E-state index contributed by atoms with van der Waals surface area (Å²) in [6, 6.07) is 6.85. The average molecular weight is 338 g/mol. The lowest BCUT2D eigenvalue weighted by Gasteiger charge is -2.58. The molecule has 3 aliphatic rings. The Balaban J connectivity index is 0.00000121. The van der Waals surface area contributed by atoms with Gasteiger partial charge in [-0.05, 0) is 68.5 Å². The number of aromatic hydroxyl groups is 1. The molecule has 20 heavy (non-hydrogen) atoms. The van der Waals surface area contributed by atoms with Gasteiger partial charge < -0.3 is 10.0 Å². The predicted octanol–water partition coefficient (Wildman–Crippen LogP) is 3.66. The van der Waals surface area contributed by atoms with Crippen LogP contribution in [0.4, 0.5) is 0 Å². The van der Waals surface area contributed by atoms with Crippen LogP contribution in [0.2, 0.25) is 0 Å². The van der Waals surface area contributed by atoms with Gasteiger partial charge in [-0.1, -0.05) is 18.9 Å². The molecule has 2 nitrogen and oxygen atoms in total. The van der Waals surface area contributed by atoms with Crippen LogP contribution < -0.4 is 0 Å². The van der Waals surface area contributed by atoms with Gasteiger partial charge in [0.25, 0.3) is 0 Å². The van der Waals surface area contributed by atoms with Crippen LogP contribution in [0, 0.1) is 5.92 Å². The van der Waals surface area contributed by atoms with Crippen molar-refractivity contribution in [2.45, 2.75) is 50.0 Å². The van der Waals surface area contributed by atoms with Crippen molar-refractivity contribution in [3.05, 3.63) is 29.3 Å². The first-order chi connectivity index (χ1) is 9.21. The molecule has 2 fully saturated rings. The lowest BCUT2D eigenvalue weighted by atomic mass is 9.52. The van der Waals surface area contributed by atoms with Crippen LogP contribution in [0.5, 0.6) is 5.75 Å². The van der Waals surface area contributed by atoms with E-state index in [1.165, 1.54) is 56.2 Å². The van der Waals surface area contributed by atoms with E-state index in [9.17, 15) is 5.11 Å². The van der Waals surface area contributed by atoms with E-state index in [-0.39, 0.29) is 17.0 Å². The Morgan fingerprint density at radius 3 is 2.95 bits per heavy atom. The maximum absolute atomic E-state index is 9.91. The second-order valence-corrected chi connectivity index (χ2v) is 6.85. The topological polar surface area (TPSA) is 23.5 Å². The molecule has 3 heteroatoms. The molecule has 110 valence electrons. The first-order valence-corrected chi connectivity index (χ1v) is 7.73. The van der Waals surface area contributed by atoms with E-state index in [0.717, 1.165) is 12.0 Å². The van der Waals surface area contributed by atoms with Crippen molar-refractivity contribution in [3.63, 3.8) is 0 Å². The minimum atomic E-state index is 0. The number of fused-ring (bicyclic) bond motifs is 1. The Morgan fingerprint density at radius 2 is 2.10 bits per heavy atom. The van der Waals surface area contributed by atoms with Crippen molar-refractivity contribution in [2.75, 3.05) is 13.6 Å². The summed E-state index contributed by atoms with van der Waals surface area (Å²) in [6.45, 7) is 1.22. The Hall–Kier alpha value is -0.540. The number of likely N-dealkylation sites (N-methyl/N-ethyl adjacent to an activating group) is 1. The van der Waals surface area contributed by atoms with Gasteiger partial charge in [-0.3, -0.25) is 0 Å². The standard InChI is InChI=1S/C17H23NO.BrH/c1-18-9-8-17-7-3-2-4-14(17)16(18)10-12-5-6-13(19)11-15(12)17;/h5-6,11,14,16,19H,2-4,7-10H2,1H3;1H/t14-,16-,17-;/m0./s1. The quantitative estimate of drug-likeness (QED) is 0.780. The third kappa shape index (κ3) is 1.86. The minimum Gasteiger partial charge on any atom is -0.508 e. The number of benzene rings is 1. The Morgan fingerprint density at radius 1 is 1.25 bits per heavy atom. The average Bonchev–Trinajstić information content (AvgIpc) is 2.43. The summed E-state index contributed by atoms with van der Waals surface area (Å²) < 4.78 is 0. The lowest BCUT2D eigenvalue weighted by Crippen LogP contribution is -2.59. The highest BCUT2D eigenvalue weighted by atomic mass is 79.9. The smallest absolute Gasteiger partial charge is 0.115 e. The Labute approximate surface area is 131 Å². The zero-order valence-corrected chi connectivity index (χ0v) is 13.9. The molecule has 1 aromatic rings. The van der Waals surface area contributed by atoms with E-state index in [4.69, 9.17) is 0 Å². The molecular formula is C17H24BrNO. The third-order valence-corrected chi connectivity index (χ3v) is 6.10. The summed E-state index contributed by atoms with van der Waals surface area (Å²) in [7, 11) is 2.30. The fourth-order valence-corrected chi connectivity index (χ4v) is 5.18. The van der Waals surface area contributed by atoms with Crippen molar-refractivity contribution < 1.29 is 5.11 Å². The molecule has 3 atom stereocenters. The highest BCUT2D eigenvalue weighted by Crippen LogP contribution is 2.55. The maximum Gasteiger partial charge on any atom is 0.115 e. The van der Waals surface area contributed by atoms with Crippen LogP contribution in [0.3, 0.4) is 0 Å². The fourth-order valence-electron chi connectivity index (χ4n) is 5.18. The van der Waals surface area contributed by atoms with Crippen molar-refractivity contribution in [2.24, 2.45) is 5.92 Å². The zero-order valence-electron chi connectivity index (χ0n) is 12.1. The molecular weight excluding hydrogens is 314 g/mol. The van der Waals surface area contributed by atoms with Crippen LogP contribution in [0.25, 0.3) is 0 Å². The van der Waals surface area contributed by atoms with Gasteiger partial charge in [-0.2, -0.15) is 0 Å². The van der Waals surface area contributed by atoms with Crippen LogP contribution >= 0.6 is 17.0 Å². The molecule has 0 spiro atoms. The second-order valence-electron chi connectivity index (χ2n) is 6.85. The van der Waals surface area contributed by atoms with Gasteiger partial charge in [-0.15, -0.1) is 17.0 Å². The molecule has 2 bridgehead atoms. The van der Waals surface area contributed by atoms with E-state index in [2.05, 4.69) is 24.1 Å². The van der Waals surface area contributed by atoms with E-state index in [1.807, 2.05) is 6.07 Å². The SMILES string of the molecule is Br.CN1CC[C@@]23CCCC[C@H]2[C@@H]1Cc1ccc(O)cc13. The highest BCUT2D eigenvalue weighted by Gasteiger charge is 2.52. The normalized spacial score (nSPS) is 35.6. The maximum atomic E-state index is 9.91. The number of nitrogens with zero attached hydrogens (tertiary/aromatic N) is 1. The van der Waals surface area contributed by atoms with Gasteiger partial charge in [0, 0.05) is 11.5 Å². The fraction of sp³-hybridized carbons (Fsp3) is 0.647. The molecule has 0 aromatic heterocycles. The third-order valence-electron chi connectivity index (χ3n) is 6.10. The largest absolute Gasteiger partial charge is 0.508 e. The molecule has 1 aromatic carbocycles. The molecule has 2 aliphatic carbocycles. The van der Waals surface area contributed by atoms with Gasteiger partial charge in [-0.25, -0.2) is 0 Å². The van der Waals surface area contributed by atoms with Crippen molar-refractivity contribution in [1.29, 1.82) is 0 Å². The molecule has 1 aliphatic heterocycles. The zero-order chi connectivity index (χ0) is 13.0. The summed E-state index contributed by atoms with van der Waals surface area (Å²) >= 11 is 0. The second kappa shape index (κ2) is 5.03. The number of phenolic OH excluding ortho intramolecular Hbond substituents is 1. The molecule has 0 unspecified atom stereocenters. The minimum absolute atomic E-state index is 0. The highest BCUT2D eigenvalue weighted by molar-refractivity contribution is 8.93. The summed E-state index contributed by atoms with van der Waals surface area (Å²) in [5.41, 5.74) is 3.36. The van der Waals surface area contributed by atoms with Gasteiger partial charge >= 0.3 is 0 Å². The van der Waals surface area contributed by atoms with Crippen LogP contribution in [-0.2, 0) is 11.8 Å². The molecule has 1 heterocycles. The molecule has 1 saturated heterocycles. The Kier molecular flexibility index (Phi) is 3.62. The van der Waals surface area contributed by atoms with E-state index in [1.54, 1.807) is 0 Å². The number of hydrogen-bond donors (Lipinski definition) is 1. The number of phenols is 1. The molecule has 0 radical (unpaired) electrons. The van der Waals surface area contributed by atoms with Crippen LogP contribution in [-0.4, -0.2) is 29.6 Å². The van der Waals surface area contributed by atoms with E-state index in [0.29, 0.717) is 11.2 Å². The van der Waals surface area contributed by atoms with Crippen LogP contribution in [0.1, 0.15) is 43.2 Å². The van der Waals surface area contributed by atoms with Gasteiger partial charge in [0.2, 0.25) is 0 Å². The number of rotatable bonds is 0. The van der Waals surface area contributed by atoms with E-state index >= 15 is 0 Å². The van der Waals surface area contributed by atoms with Crippen molar-refractivity contribution in [1.82, 2.24) is 4.90 Å². The summed E-state index contributed by atoms with van der Waals surface area (Å²) in [5.74, 6) is 1.27. The number of likely N-dealkylation sites (tertiary alicyclic amines) is 1. The summed E-state index contributed by atoms with van der Waals surface area (Å²) in [6.07, 6.45) is 7.93. The van der Waals surface area contributed by atoms with E-state index < -0.39 is 0 Å². The molecule has 1 saturated carbocycles. The van der Waals surface area contributed by atoms with Gasteiger partial charge in [0.05, 0.1) is 0 Å². The number of piperidine rings is 1. The number of halogens is 1. The van der Waals surface area contributed by atoms with Crippen LogP contribution in [0.15, 0.2) is 18.2 Å². The molecule has 1 N–H and O–H groups in total. The monoisotopic (exact) mass is 337 g/mol. The summed E-state index contributed by atoms with van der Waals surface area (Å²) in [5, 5.41) is 9.91. The van der Waals surface area contributed by atoms with Crippen molar-refractivity contribution in [3.8, 4) is 5.75 Å². The van der Waals surface area contributed by atoms with Gasteiger partial charge in [0.1, 0.15) is 5.75 Å². The molecule has 0 amide bonds. The summed E-state index contributed by atoms with van der Waals surface area (Å²) in [4.78, 5) is 2.59. The first-order valence-electron chi connectivity index (χ1n) is 7.73. The van der Waals surface area contributed by atoms with Crippen molar-refractivity contribution >= 4 is 17.0 Å². The predicted molar refractivity (Wildman–Crippen MR) is 86.8 cm³/mol. The first kappa shape index (κ1) is 14.4. The lowest BCUT2D eigenvalue weighted by molar-refractivity contribution is 0.00274. The van der Waals surface area contributed by atoms with Gasteiger partial charge in [0.15, 0.2) is 0 Å². The Bertz CT molecular complexity index is 518. The number of hydrogen-bond acceptors (Lipinski definition) is 2. The molecule has 4 rings (SSSR count).